The Bertz CT molecular complexity index is 587. The molecular weight excluding hydrogens is 282 g/mol. The fourth-order valence-corrected chi connectivity index (χ4v) is 1.46. The maximum atomic E-state index is 10.9. The van der Waals surface area contributed by atoms with Crippen molar-refractivity contribution < 1.29 is 19.8 Å². The molecule has 20 heavy (non-hydrogen) atoms. The smallest absolute Gasteiger partial charge is 0.258 e. The Hall–Kier alpha value is -3.38. The van der Waals surface area contributed by atoms with Gasteiger partial charge >= 0.3 is 5.79 Å². The van der Waals surface area contributed by atoms with Gasteiger partial charge in [-0.3, -0.25) is 30.3 Å². The number of benzene rings is 1. The van der Waals surface area contributed by atoms with Crippen LogP contribution in [0.15, 0.2) is 24.3 Å². The highest BCUT2D eigenvalue weighted by Gasteiger charge is 2.66. The summed E-state index contributed by atoms with van der Waals surface area (Å²) in [6, 6.07) is 3.61. The lowest BCUT2D eigenvalue weighted by Gasteiger charge is -2.13. The summed E-state index contributed by atoms with van der Waals surface area (Å²) < 4.78 is 0. The first-order valence-corrected chi connectivity index (χ1v) is 4.68. The second-order valence-corrected chi connectivity index (χ2v) is 3.33. The molecule has 0 unspecified atom stereocenters. The van der Waals surface area contributed by atoms with Gasteiger partial charge < -0.3 is 0 Å². The first-order valence-electron chi connectivity index (χ1n) is 4.68. The van der Waals surface area contributed by atoms with Crippen molar-refractivity contribution in [3.8, 4) is 0 Å². The summed E-state index contributed by atoms with van der Waals surface area (Å²) >= 11 is 0. The highest BCUT2D eigenvalue weighted by Crippen LogP contribution is 2.30. The van der Waals surface area contributed by atoms with Gasteiger partial charge in [0.2, 0.25) is 5.56 Å². The lowest BCUT2D eigenvalue weighted by molar-refractivity contribution is -0.860. The van der Waals surface area contributed by atoms with Gasteiger partial charge in [0.1, 0.15) is 9.85 Å². The summed E-state index contributed by atoms with van der Waals surface area (Å²) in [5, 5.41) is 41.5. The van der Waals surface area contributed by atoms with Crippen molar-refractivity contribution in [3.63, 3.8) is 0 Å². The Balaban J connectivity index is 3.69. The molecule has 0 amide bonds. The van der Waals surface area contributed by atoms with E-state index >= 15 is 0 Å². The van der Waals surface area contributed by atoms with E-state index in [1.807, 2.05) is 0 Å². The quantitative estimate of drug-likeness (QED) is 0.428. The number of para-hydroxylation sites is 1. The van der Waals surface area contributed by atoms with Crippen LogP contribution in [-0.4, -0.2) is 19.8 Å². The number of hydrogen-bond donors (Lipinski definition) is 1. The number of nitro groups is 4. The van der Waals surface area contributed by atoms with Gasteiger partial charge in [-0.05, 0) is 6.07 Å². The molecule has 0 heterocycles. The summed E-state index contributed by atoms with van der Waals surface area (Å²) in [4.78, 5) is 38.7. The van der Waals surface area contributed by atoms with Crippen molar-refractivity contribution >= 4 is 5.69 Å². The molecule has 0 fully saturated rings. The molecule has 0 aliphatic rings. The van der Waals surface area contributed by atoms with Crippen LogP contribution in [0.2, 0.25) is 0 Å². The van der Waals surface area contributed by atoms with E-state index in [1.165, 1.54) is 0 Å². The van der Waals surface area contributed by atoms with Crippen LogP contribution in [0.3, 0.4) is 0 Å². The Morgan fingerprint density at radius 1 is 0.900 bits per heavy atom. The molecule has 0 aliphatic carbocycles. The monoisotopic (exact) mass is 287 g/mol. The van der Waals surface area contributed by atoms with Crippen molar-refractivity contribution in [1.29, 1.82) is 0 Å². The van der Waals surface area contributed by atoms with Crippen molar-refractivity contribution in [2.75, 3.05) is 0 Å². The number of hydrazine groups is 1. The standard InChI is InChI=1S/C7H5N5O8/c13-9(14)6-4-2-1-3-5(6)7(10(15)16,11(17)18)8-12(19)20/h1-4,8H. The van der Waals surface area contributed by atoms with Gasteiger partial charge in [-0.15, -0.1) is 0 Å². The SMILES string of the molecule is O=[N+]([O-])NC(c1ccccc1[N+](=O)[O-])([N+](=O)[O-])[N+](=O)[O-]. The number of hydrogen-bond acceptors (Lipinski definition) is 8. The van der Waals surface area contributed by atoms with Crippen molar-refractivity contribution in [2.45, 2.75) is 5.79 Å². The van der Waals surface area contributed by atoms with E-state index in [1.54, 1.807) is 0 Å². The predicted octanol–water partition coefficient (Wildman–Crippen LogP) is 0.0398. The second kappa shape index (κ2) is 5.09. The average Bonchev–Trinajstić information content (AvgIpc) is 2.34. The van der Waals surface area contributed by atoms with Gasteiger partial charge in [-0.25, -0.2) is 10.1 Å². The van der Waals surface area contributed by atoms with E-state index in [2.05, 4.69) is 0 Å². The summed E-state index contributed by atoms with van der Waals surface area (Å²) in [5.41, 5.74) is -1.13. The predicted molar refractivity (Wildman–Crippen MR) is 58.9 cm³/mol. The molecule has 0 radical (unpaired) electrons. The summed E-state index contributed by atoms with van der Waals surface area (Å²) in [5.74, 6) is -3.66. The Morgan fingerprint density at radius 2 is 1.40 bits per heavy atom. The lowest BCUT2D eigenvalue weighted by atomic mass is 10.1. The van der Waals surface area contributed by atoms with Gasteiger partial charge in [-0.1, -0.05) is 12.1 Å². The third-order valence-corrected chi connectivity index (χ3v) is 2.25. The van der Waals surface area contributed by atoms with Crippen LogP contribution in [0.1, 0.15) is 5.56 Å². The van der Waals surface area contributed by atoms with Crippen molar-refractivity contribution in [1.82, 2.24) is 5.43 Å². The zero-order chi connectivity index (χ0) is 15.5. The largest absolute Gasteiger partial charge is 0.623 e. The van der Waals surface area contributed by atoms with Crippen molar-refractivity contribution in [3.05, 3.63) is 70.3 Å². The number of nitrogens with zero attached hydrogens (tertiary/aromatic N) is 4. The molecule has 1 rings (SSSR count). The fraction of sp³-hybridized carbons (Fsp3) is 0.143. The zero-order valence-corrected chi connectivity index (χ0v) is 9.36. The highest BCUT2D eigenvalue weighted by atomic mass is 16.7. The molecule has 0 spiro atoms. The Labute approximate surface area is 108 Å². The van der Waals surface area contributed by atoms with Gasteiger partial charge in [0.25, 0.3) is 5.69 Å². The molecule has 1 aromatic rings. The van der Waals surface area contributed by atoms with Gasteiger partial charge in [0.05, 0.1) is 4.92 Å². The minimum atomic E-state index is -3.66. The first-order chi connectivity index (χ1) is 9.23. The van der Waals surface area contributed by atoms with Crippen LogP contribution in [0.4, 0.5) is 5.69 Å². The highest BCUT2D eigenvalue weighted by molar-refractivity contribution is 5.42. The molecule has 0 aliphatic heterocycles. The third kappa shape index (κ3) is 2.26. The van der Waals surface area contributed by atoms with E-state index in [0.717, 1.165) is 23.6 Å². The molecule has 13 nitrogen and oxygen atoms in total. The minimum Gasteiger partial charge on any atom is -0.258 e. The molecule has 0 atom stereocenters. The first kappa shape index (κ1) is 14.7. The molecule has 106 valence electrons. The van der Waals surface area contributed by atoms with E-state index in [4.69, 9.17) is 0 Å². The summed E-state index contributed by atoms with van der Waals surface area (Å²) in [6.07, 6.45) is 0. The average molecular weight is 287 g/mol. The molecular formula is C7H5N5O8. The number of nitro benzene ring substituents is 1. The maximum Gasteiger partial charge on any atom is 0.623 e. The maximum absolute atomic E-state index is 10.9. The van der Waals surface area contributed by atoms with Gasteiger partial charge in [0.15, 0.2) is 5.03 Å². The summed E-state index contributed by atoms with van der Waals surface area (Å²) in [7, 11) is 0. The summed E-state index contributed by atoms with van der Waals surface area (Å²) in [6.45, 7) is 0. The van der Waals surface area contributed by atoms with Gasteiger partial charge in [-0.2, -0.15) is 0 Å². The molecule has 1 N–H and O–H groups in total. The lowest BCUT2D eigenvalue weighted by Crippen LogP contribution is -2.57. The van der Waals surface area contributed by atoms with Crippen LogP contribution < -0.4 is 5.43 Å². The molecule has 0 aromatic heterocycles. The zero-order valence-electron chi connectivity index (χ0n) is 9.36. The van der Waals surface area contributed by atoms with Crippen LogP contribution in [-0.2, 0) is 5.79 Å². The minimum absolute atomic E-state index is 0.695. The van der Waals surface area contributed by atoms with E-state index in [0.29, 0.717) is 6.07 Å². The number of nitrogens with one attached hydrogen (secondary N) is 1. The Kier molecular flexibility index (Phi) is 3.73. The van der Waals surface area contributed by atoms with E-state index in [9.17, 15) is 40.5 Å². The fourth-order valence-electron chi connectivity index (χ4n) is 1.46. The van der Waals surface area contributed by atoms with Crippen LogP contribution in [0.5, 0.6) is 0 Å². The topological polar surface area (TPSA) is 185 Å². The van der Waals surface area contributed by atoms with Crippen molar-refractivity contribution in [2.24, 2.45) is 0 Å². The second-order valence-electron chi connectivity index (χ2n) is 3.33. The normalized spacial score (nSPS) is 10.6. The van der Waals surface area contributed by atoms with Crippen LogP contribution in [0, 0.1) is 40.5 Å². The molecule has 0 saturated heterocycles. The molecule has 0 saturated carbocycles. The van der Waals surface area contributed by atoms with Crippen LogP contribution >= 0.6 is 0 Å². The van der Waals surface area contributed by atoms with Crippen LogP contribution in [0.25, 0.3) is 0 Å². The van der Waals surface area contributed by atoms with E-state index < -0.39 is 36.8 Å². The Morgan fingerprint density at radius 3 is 1.80 bits per heavy atom. The molecule has 0 bridgehead atoms. The number of rotatable bonds is 6. The third-order valence-electron chi connectivity index (χ3n) is 2.25. The molecule has 13 heteroatoms. The van der Waals surface area contributed by atoms with Gasteiger partial charge in [0, 0.05) is 11.5 Å². The molecule has 1 aromatic carbocycles. The van der Waals surface area contributed by atoms with E-state index in [-0.39, 0.29) is 0 Å².